The lowest BCUT2D eigenvalue weighted by Gasteiger charge is -2.11. The number of methoxy groups -OCH3 is 1. The Morgan fingerprint density at radius 3 is 2.44 bits per heavy atom. The first-order valence-corrected chi connectivity index (χ1v) is 5.24. The molecule has 0 unspecified atom stereocenters. The van der Waals surface area contributed by atoms with Crippen molar-refractivity contribution >= 4 is 11.9 Å². The van der Waals surface area contributed by atoms with Gasteiger partial charge in [-0.25, -0.2) is 9.59 Å². The van der Waals surface area contributed by atoms with Gasteiger partial charge in [-0.2, -0.15) is 4.89 Å². The fraction of sp³-hybridized carbons (Fsp3) is 0.333. The van der Waals surface area contributed by atoms with Gasteiger partial charge < -0.3 is 9.47 Å². The fourth-order valence-corrected chi connectivity index (χ4v) is 1.41. The van der Waals surface area contributed by atoms with E-state index in [4.69, 9.17) is 9.47 Å². The average Bonchev–Trinajstić information content (AvgIpc) is 2.38. The number of carbonyl (C=O) groups excluding carboxylic acids is 2. The van der Waals surface area contributed by atoms with Crippen molar-refractivity contribution < 1.29 is 28.8 Å². The Morgan fingerprint density at radius 1 is 1.17 bits per heavy atom. The minimum atomic E-state index is -0.821. The Labute approximate surface area is 104 Å². The molecule has 0 atom stereocenters. The Morgan fingerprint density at radius 2 is 1.89 bits per heavy atom. The number of benzene rings is 1. The highest BCUT2D eigenvalue weighted by atomic mass is 17.2. The van der Waals surface area contributed by atoms with Crippen LogP contribution in [0.2, 0.25) is 0 Å². The van der Waals surface area contributed by atoms with Crippen molar-refractivity contribution in [1.82, 2.24) is 0 Å². The maximum atomic E-state index is 11.7. The molecular formula is C12H14O6. The summed E-state index contributed by atoms with van der Waals surface area (Å²) in [5.41, 5.74) is 0.0403. The number of rotatable bonds is 5. The average molecular weight is 254 g/mol. The molecule has 0 amide bonds. The molecule has 1 rings (SSSR count). The number of carbonyl (C=O) groups is 2. The second-order valence-corrected chi connectivity index (χ2v) is 3.14. The van der Waals surface area contributed by atoms with E-state index in [0.717, 1.165) is 0 Å². The first kappa shape index (κ1) is 14.0. The van der Waals surface area contributed by atoms with E-state index in [1.807, 2.05) is 0 Å². The Bertz CT molecular complexity index is 440. The lowest BCUT2D eigenvalue weighted by Crippen LogP contribution is -2.15. The molecule has 6 nitrogen and oxygen atoms in total. The van der Waals surface area contributed by atoms with Crippen LogP contribution in [0, 0.1) is 0 Å². The third-order valence-electron chi connectivity index (χ3n) is 2.10. The normalized spacial score (nSPS) is 9.72. The van der Waals surface area contributed by atoms with Crippen molar-refractivity contribution in [3.05, 3.63) is 29.3 Å². The molecule has 0 fully saturated rings. The number of hydrogen-bond acceptors (Lipinski definition) is 6. The summed E-state index contributed by atoms with van der Waals surface area (Å²) in [7, 11) is 2.57. The third kappa shape index (κ3) is 2.98. The molecule has 0 heterocycles. The molecule has 0 saturated heterocycles. The second kappa shape index (κ2) is 6.61. The highest BCUT2D eigenvalue weighted by molar-refractivity contribution is 6.05. The fourth-order valence-electron chi connectivity index (χ4n) is 1.41. The van der Waals surface area contributed by atoms with Gasteiger partial charge in [-0.1, -0.05) is 6.07 Å². The molecule has 0 aromatic heterocycles. The summed E-state index contributed by atoms with van der Waals surface area (Å²) < 4.78 is 9.87. The maximum absolute atomic E-state index is 11.7. The monoisotopic (exact) mass is 254 g/mol. The highest BCUT2D eigenvalue weighted by Crippen LogP contribution is 2.24. The van der Waals surface area contributed by atoms with Crippen LogP contribution in [0.4, 0.5) is 0 Å². The summed E-state index contributed by atoms with van der Waals surface area (Å²) in [6, 6.07) is 4.57. The van der Waals surface area contributed by atoms with E-state index in [0.29, 0.717) is 0 Å². The lowest BCUT2D eigenvalue weighted by molar-refractivity contribution is -0.216. The number of esters is 1. The van der Waals surface area contributed by atoms with Gasteiger partial charge in [0.05, 0.1) is 26.4 Å². The standard InChI is InChI=1S/C12H14O6/c1-4-17-11(13)8-6-5-7-9(15-2)10(8)12(14)18-16-3/h5-7H,4H2,1-3H3. The van der Waals surface area contributed by atoms with Crippen molar-refractivity contribution in [2.24, 2.45) is 0 Å². The molecular weight excluding hydrogens is 240 g/mol. The van der Waals surface area contributed by atoms with E-state index in [1.54, 1.807) is 13.0 Å². The van der Waals surface area contributed by atoms with Gasteiger partial charge in [-0.15, -0.1) is 0 Å². The smallest absolute Gasteiger partial charge is 0.377 e. The van der Waals surface area contributed by atoms with Crippen LogP contribution in [0.5, 0.6) is 5.75 Å². The molecule has 18 heavy (non-hydrogen) atoms. The van der Waals surface area contributed by atoms with Crippen molar-refractivity contribution in [2.45, 2.75) is 6.92 Å². The molecule has 0 N–H and O–H groups in total. The van der Waals surface area contributed by atoms with Gasteiger partial charge in [0, 0.05) is 0 Å². The SMILES string of the molecule is CCOC(=O)c1cccc(OC)c1C(=O)OOC. The summed E-state index contributed by atoms with van der Waals surface area (Å²) in [5.74, 6) is -1.24. The molecule has 0 spiro atoms. The summed E-state index contributed by atoms with van der Waals surface area (Å²) in [6.45, 7) is 1.88. The van der Waals surface area contributed by atoms with Crippen LogP contribution >= 0.6 is 0 Å². The minimum absolute atomic E-state index is 0.0275. The largest absolute Gasteiger partial charge is 0.496 e. The van der Waals surface area contributed by atoms with Crippen molar-refractivity contribution in [3.63, 3.8) is 0 Å². The maximum Gasteiger partial charge on any atom is 0.377 e. The van der Waals surface area contributed by atoms with Gasteiger partial charge in [0.25, 0.3) is 0 Å². The topological polar surface area (TPSA) is 71.1 Å². The molecule has 0 aliphatic rings. The Hall–Kier alpha value is -2.08. The van der Waals surface area contributed by atoms with Gasteiger partial charge in [0.2, 0.25) is 0 Å². The summed E-state index contributed by atoms with van der Waals surface area (Å²) in [6.07, 6.45) is 0. The minimum Gasteiger partial charge on any atom is -0.496 e. The third-order valence-corrected chi connectivity index (χ3v) is 2.10. The quantitative estimate of drug-likeness (QED) is 0.451. The van der Waals surface area contributed by atoms with Crippen LogP contribution < -0.4 is 4.74 Å². The number of hydrogen-bond donors (Lipinski definition) is 0. The van der Waals surface area contributed by atoms with E-state index in [9.17, 15) is 9.59 Å². The zero-order valence-electron chi connectivity index (χ0n) is 10.4. The van der Waals surface area contributed by atoms with Crippen LogP contribution in [0.15, 0.2) is 18.2 Å². The van der Waals surface area contributed by atoms with Gasteiger partial charge in [-0.3, -0.25) is 4.89 Å². The first-order valence-electron chi connectivity index (χ1n) is 5.24. The van der Waals surface area contributed by atoms with Crippen molar-refractivity contribution in [2.75, 3.05) is 20.8 Å². The lowest BCUT2D eigenvalue weighted by atomic mass is 10.1. The molecule has 0 aliphatic heterocycles. The van der Waals surface area contributed by atoms with Crippen molar-refractivity contribution in [3.8, 4) is 5.75 Å². The molecule has 1 aromatic rings. The van der Waals surface area contributed by atoms with Gasteiger partial charge >= 0.3 is 11.9 Å². The molecule has 0 bridgehead atoms. The van der Waals surface area contributed by atoms with E-state index < -0.39 is 11.9 Å². The Kier molecular flexibility index (Phi) is 5.13. The van der Waals surface area contributed by atoms with Crippen molar-refractivity contribution in [1.29, 1.82) is 0 Å². The second-order valence-electron chi connectivity index (χ2n) is 3.14. The Balaban J connectivity index is 3.24. The van der Waals surface area contributed by atoms with Gasteiger partial charge in [0.1, 0.15) is 11.3 Å². The number of ether oxygens (including phenoxy) is 2. The van der Waals surface area contributed by atoms with Crippen LogP contribution in [-0.4, -0.2) is 32.8 Å². The summed E-state index contributed by atoms with van der Waals surface area (Å²) in [4.78, 5) is 32.1. The van der Waals surface area contributed by atoms with Crippen LogP contribution in [0.1, 0.15) is 27.6 Å². The van der Waals surface area contributed by atoms with Crippen LogP contribution in [-0.2, 0) is 14.5 Å². The zero-order valence-corrected chi connectivity index (χ0v) is 10.4. The molecule has 0 radical (unpaired) electrons. The van der Waals surface area contributed by atoms with Gasteiger partial charge in [-0.05, 0) is 19.1 Å². The van der Waals surface area contributed by atoms with Crippen LogP contribution in [0.25, 0.3) is 0 Å². The summed E-state index contributed by atoms with van der Waals surface area (Å²) >= 11 is 0. The molecule has 6 heteroatoms. The molecule has 1 aromatic carbocycles. The first-order chi connectivity index (χ1) is 8.65. The van der Waals surface area contributed by atoms with Crippen LogP contribution in [0.3, 0.4) is 0 Å². The van der Waals surface area contributed by atoms with E-state index >= 15 is 0 Å². The van der Waals surface area contributed by atoms with E-state index in [1.165, 1.54) is 26.4 Å². The van der Waals surface area contributed by atoms with Gasteiger partial charge in [0.15, 0.2) is 0 Å². The zero-order chi connectivity index (χ0) is 13.5. The van der Waals surface area contributed by atoms with E-state index in [2.05, 4.69) is 9.78 Å². The highest BCUT2D eigenvalue weighted by Gasteiger charge is 2.24. The molecule has 98 valence electrons. The van der Waals surface area contributed by atoms with E-state index in [-0.39, 0.29) is 23.5 Å². The summed E-state index contributed by atoms with van der Waals surface area (Å²) in [5, 5.41) is 0. The predicted molar refractivity (Wildman–Crippen MR) is 61.4 cm³/mol. The molecule has 0 saturated carbocycles. The predicted octanol–water partition coefficient (Wildman–Crippen LogP) is 1.59. The molecule has 0 aliphatic carbocycles.